The van der Waals surface area contributed by atoms with Gasteiger partial charge in [0.2, 0.25) is 29.5 Å². The Balaban J connectivity index is 1.14. The van der Waals surface area contributed by atoms with Gasteiger partial charge in [0.15, 0.2) is 0 Å². The van der Waals surface area contributed by atoms with Gasteiger partial charge in [-0.1, -0.05) is 32.9 Å². The lowest BCUT2D eigenvalue weighted by Gasteiger charge is -2.33. The van der Waals surface area contributed by atoms with Gasteiger partial charge in [-0.3, -0.25) is 43.4 Å². The van der Waals surface area contributed by atoms with Gasteiger partial charge < -0.3 is 47.6 Å². The summed E-state index contributed by atoms with van der Waals surface area (Å²) in [5.74, 6) is -3.74. The van der Waals surface area contributed by atoms with Crippen molar-refractivity contribution in [3.63, 3.8) is 0 Å². The van der Waals surface area contributed by atoms with Crippen LogP contribution < -0.4 is 32.7 Å². The number of amidine groups is 1. The first-order valence-electron chi connectivity index (χ1n) is 21.9. The van der Waals surface area contributed by atoms with Crippen molar-refractivity contribution in [3.05, 3.63) is 70.6 Å². The van der Waals surface area contributed by atoms with E-state index in [-0.39, 0.29) is 69.7 Å². The van der Waals surface area contributed by atoms with Crippen LogP contribution in [0.15, 0.2) is 53.2 Å². The van der Waals surface area contributed by atoms with Crippen LogP contribution in [0.1, 0.15) is 81.7 Å². The molecule has 4 heterocycles. The Bertz CT molecular complexity index is 2310. The van der Waals surface area contributed by atoms with Gasteiger partial charge in [-0.15, -0.1) is 0 Å². The molecule has 9 N–H and O–H groups in total. The van der Waals surface area contributed by atoms with E-state index in [0.29, 0.717) is 53.9 Å². The zero-order valence-electron chi connectivity index (χ0n) is 36.9. The van der Waals surface area contributed by atoms with E-state index in [0.717, 1.165) is 34.7 Å². The van der Waals surface area contributed by atoms with Crippen LogP contribution in [0.2, 0.25) is 0 Å². The summed E-state index contributed by atoms with van der Waals surface area (Å²) in [5.41, 5.74) is 15.0. The molecular weight excluding hydrogens is 839 g/mol. The van der Waals surface area contributed by atoms with Gasteiger partial charge in [-0.05, 0) is 67.4 Å². The monoisotopic (exact) mass is 895 g/mol. The third-order valence-electron chi connectivity index (χ3n) is 11.8. The lowest BCUT2D eigenvalue weighted by Crippen LogP contribution is -2.57. The summed E-state index contributed by atoms with van der Waals surface area (Å²) in [6.07, 6.45) is 8.28. The van der Waals surface area contributed by atoms with E-state index in [2.05, 4.69) is 31.2 Å². The molecule has 1 aromatic heterocycles. The lowest BCUT2D eigenvalue weighted by molar-refractivity contribution is -0.142. The number of aliphatic hydroxyl groups excluding tert-OH is 1. The largest absolute Gasteiger partial charge is 0.395 e. The highest BCUT2D eigenvalue weighted by atomic mass is 16.3. The minimum Gasteiger partial charge on any atom is -0.395 e. The first-order valence-corrected chi connectivity index (χ1v) is 21.9. The molecule has 6 rings (SSSR count). The molecule has 0 spiro atoms. The van der Waals surface area contributed by atoms with Gasteiger partial charge in [-0.2, -0.15) is 0 Å². The van der Waals surface area contributed by atoms with Gasteiger partial charge in [0.1, 0.15) is 24.5 Å². The molecule has 9 amide bonds. The zero-order chi connectivity index (χ0) is 47.0. The topological polar surface area (TPSA) is 292 Å². The number of rotatable bonds is 19. The smallest absolute Gasteiger partial charge is 0.312 e. The maximum atomic E-state index is 14.2. The molecule has 20 nitrogen and oxygen atoms in total. The van der Waals surface area contributed by atoms with Crippen LogP contribution in [0.5, 0.6) is 0 Å². The summed E-state index contributed by atoms with van der Waals surface area (Å²) in [6, 6.07) is 4.37. The van der Waals surface area contributed by atoms with Crippen molar-refractivity contribution in [2.75, 3.05) is 44.6 Å². The maximum Gasteiger partial charge on any atom is 0.312 e. The predicted molar refractivity (Wildman–Crippen MR) is 239 cm³/mol. The third-order valence-corrected chi connectivity index (χ3v) is 11.8. The summed E-state index contributed by atoms with van der Waals surface area (Å²) in [4.78, 5) is 117. The summed E-state index contributed by atoms with van der Waals surface area (Å²) < 4.78 is 0. The fourth-order valence-electron chi connectivity index (χ4n) is 8.18. The number of fused-ring (bicyclic) bond motifs is 2. The van der Waals surface area contributed by atoms with Crippen LogP contribution in [0.3, 0.4) is 0 Å². The fraction of sp³-hybridized carbons (Fsp3) is 0.467. The Labute approximate surface area is 376 Å². The zero-order valence-corrected chi connectivity index (χ0v) is 36.9. The van der Waals surface area contributed by atoms with Crippen LogP contribution in [0, 0.1) is 5.92 Å². The molecule has 1 aromatic carbocycles. The molecule has 1 fully saturated rings. The van der Waals surface area contributed by atoms with Crippen LogP contribution in [0.4, 0.5) is 16.2 Å². The molecule has 3 aliphatic heterocycles. The number of nitrogens with two attached hydrogens (primary N) is 2. The van der Waals surface area contributed by atoms with E-state index in [4.69, 9.17) is 11.5 Å². The van der Waals surface area contributed by atoms with Gasteiger partial charge >= 0.3 is 6.03 Å². The molecule has 0 unspecified atom stereocenters. The Hall–Kier alpha value is -6.96. The highest BCUT2D eigenvalue weighted by Gasteiger charge is 2.51. The Kier molecular flexibility index (Phi) is 15.1. The molecule has 1 saturated carbocycles. The summed E-state index contributed by atoms with van der Waals surface area (Å²) in [6.45, 7) is 5.85. The molecule has 20 heteroatoms. The number of carbonyl (C=O) groups excluding carboxylic acids is 8. The van der Waals surface area contributed by atoms with Crippen LogP contribution in [-0.2, 0) is 51.9 Å². The fourth-order valence-corrected chi connectivity index (χ4v) is 8.18. The second kappa shape index (κ2) is 20.7. The molecule has 0 saturated heterocycles. The number of nitrogens with zero attached hydrogens (tertiary/aromatic N) is 5. The van der Waals surface area contributed by atoms with E-state index >= 15 is 0 Å². The summed E-state index contributed by atoms with van der Waals surface area (Å²) in [5, 5.41) is 20.4. The second-order valence-electron chi connectivity index (χ2n) is 17.0. The Morgan fingerprint density at radius 3 is 2.42 bits per heavy atom. The number of nitrogens with one attached hydrogen (secondary N) is 4. The van der Waals surface area contributed by atoms with E-state index in [9.17, 15) is 43.5 Å². The van der Waals surface area contributed by atoms with Crippen molar-refractivity contribution in [2.45, 2.75) is 89.8 Å². The number of primary amides is 1. The number of carbonyl (C=O) groups is 8. The molecule has 1 aliphatic carbocycles. The minimum atomic E-state index is -1.12. The number of amides is 9. The third kappa shape index (κ3) is 11.4. The van der Waals surface area contributed by atoms with Crippen molar-refractivity contribution in [1.82, 2.24) is 35.6 Å². The Morgan fingerprint density at radius 1 is 1.02 bits per heavy atom. The first-order chi connectivity index (χ1) is 31.0. The average molecular weight is 896 g/mol. The number of hydrogen-bond donors (Lipinski definition) is 7. The highest BCUT2D eigenvalue weighted by molar-refractivity contribution is 6.14. The SMILES string of the molecule is CCCN(CCO)C(=O)C1=Cc2ccc(C3(C(=O)Nc4cnc5c(c4)CN(C(=O)[C@H](CCCNC(N)=O)NC(=O)[C@@H](NC(=O)CN4C(=O)C=CC4=O)C(C)C)CC5)CC3)cc2N=C(N)C1. The molecule has 0 radical (unpaired) electrons. The average Bonchev–Trinajstić information content (AvgIpc) is 4.05. The number of pyridine rings is 1. The van der Waals surface area contributed by atoms with Crippen molar-refractivity contribution in [1.29, 1.82) is 0 Å². The number of hydrogen-bond acceptors (Lipinski definition) is 12. The van der Waals surface area contributed by atoms with Gasteiger partial charge in [0.05, 0.1) is 29.6 Å². The minimum absolute atomic E-state index is 0.115. The number of aliphatic imine (C=N–C) groups is 1. The number of aliphatic hydroxyl groups is 1. The van der Waals surface area contributed by atoms with Gasteiger partial charge in [0.25, 0.3) is 11.8 Å². The van der Waals surface area contributed by atoms with E-state index in [1.807, 2.05) is 25.1 Å². The number of imide groups is 1. The second-order valence-corrected chi connectivity index (χ2v) is 17.0. The van der Waals surface area contributed by atoms with Crippen LogP contribution >= 0.6 is 0 Å². The number of aromatic nitrogens is 1. The van der Waals surface area contributed by atoms with Crippen molar-refractivity contribution in [3.8, 4) is 0 Å². The molecular formula is C45H57N11O9. The van der Waals surface area contributed by atoms with E-state index < -0.39 is 65.5 Å². The van der Waals surface area contributed by atoms with E-state index in [1.54, 1.807) is 42.0 Å². The molecule has 2 atom stereocenters. The molecule has 0 bridgehead atoms. The van der Waals surface area contributed by atoms with Crippen molar-refractivity contribution < 1.29 is 43.5 Å². The summed E-state index contributed by atoms with van der Waals surface area (Å²) in [7, 11) is 0. The van der Waals surface area contributed by atoms with Crippen molar-refractivity contribution in [2.24, 2.45) is 22.4 Å². The summed E-state index contributed by atoms with van der Waals surface area (Å²) >= 11 is 0. The van der Waals surface area contributed by atoms with Crippen LogP contribution in [-0.4, -0.2) is 129 Å². The molecule has 65 heavy (non-hydrogen) atoms. The number of urea groups is 1. The highest BCUT2D eigenvalue weighted by Crippen LogP contribution is 2.50. The molecule has 2 aromatic rings. The molecule has 4 aliphatic rings. The van der Waals surface area contributed by atoms with Gasteiger partial charge in [-0.25, -0.2) is 9.79 Å². The maximum absolute atomic E-state index is 14.2. The van der Waals surface area contributed by atoms with Crippen LogP contribution in [0.25, 0.3) is 6.08 Å². The van der Waals surface area contributed by atoms with Crippen molar-refractivity contribution >= 4 is 70.7 Å². The predicted octanol–water partition coefficient (Wildman–Crippen LogP) is 0.642. The standard InChI is InChI=1S/C45H57N11O9/c1-4-15-54(17-18-57)41(62)28-19-27-7-8-30(22-34(27)51-35(46)21-28)45(12-13-45)43(64)50-31-20-29-24-55(16-11-32(29)49-23-31)42(63)33(6-5-14-48-44(47)65)52-40(61)39(26(2)3)53-36(58)25-56-37(59)9-10-38(56)60/h7-10,19-20,22-23,26,33,39,57H,4-6,11-18,21,24-25H2,1-3H3,(H2,46,51)(H,50,64)(H,52,61)(H,53,58)(H3,47,48,65)/t33-,39-/m0/s1. The normalized spacial score (nSPS) is 16.9. The first kappa shape index (κ1) is 47.5. The number of anilines is 1. The number of benzene rings is 1. The van der Waals surface area contributed by atoms with E-state index in [1.165, 1.54) is 0 Å². The quantitative estimate of drug-likeness (QED) is 0.0759. The molecule has 346 valence electrons. The lowest BCUT2D eigenvalue weighted by atomic mass is 9.92. The Morgan fingerprint density at radius 2 is 1.75 bits per heavy atom. The van der Waals surface area contributed by atoms with Gasteiger partial charge in [0, 0.05) is 74.5 Å².